The molecule has 0 saturated carbocycles. The fourth-order valence-corrected chi connectivity index (χ4v) is 1.45. The van der Waals surface area contributed by atoms with Crippen LogP contribution < -0.4 is 5.32 Å². The summed E-state index contributed by atoms with van der Waals surface area (Å²) in [5.41, 5.74) is 2.02. The van der Waals surface area contributed by atoms with Crippen LogP contribution in [0.15, 0.2) is 18.5 Å². The lowest BCUT2D eigenvalue weighted by atomic mass is 10.2. The fraction of sp³-hybridized carbons (Fsp3) is 0.273. The molecule has 0 saturated heterocycles. The van der Waals surface area contributed by atoms with Crippen molar-refractivity contribution in [1.29, 1.82) is 0 Å². The monoisotopic (exact) mass is 247 g/mol. The summed E-state index contributed by atoms with van der Waals surface area (Å²) in [6.45, 7) is 2.46. The van der Waals surface area contributed by atoms with Crippen LogP contribution in [0.4, 0.5) is 5.95 Å². The largest absolute Gasteiger partial charge is 0.477 e. The highest BCUT2D eigenvalue weighted by molar-refractivity contribution is 5.85. The van der Waals surface area contributed by atoms with Gasteiger partial charge in [0.2, 0.25) is 5.95 Å². The highest BCUT2D eigenvalue weighted by Crippen LogP contribution is 2.08. The van der Waals surface area contributed by atoms with E-state index in [1.54, 1.807) is 10.9 Å². The van der Waals surface area contributed by atoms with Crippen molar-refractivity contribution >= 4 is 11.9 Å². The maximum atomic E-state index is 10.8. The molecular formula is C11H13N5O2. The molecule has 0 amide bonds. The first-order valence-corrected chi connectivity index (χ1v) is 5.35. The molecule has 2 aromatic rings. The lowest BCUT2D eigenvalue weighted by Gasteiger charge is -2.04. The molecule has 0 unspecified atom stereocenters. The van der Waals surface area contributed by atoms with Crippen LogP contribution in [0.2, 0.25) is 0 Å². The van der Waals surface area contributed by atoms with E-state index in [9.17, 15) is 4.79 Å². The van der Waals surface area contributed by atoms with Crippen LogP contribution in [0.25, 0.3) is 0 Å². The second kappa shape index (κ2) is 4.82. The van der Waals surface area contributed by atoms with Crippen LogP contribution in [0.1, 0.15) is 21.7 Å². The number of carboxylic acids is 1. The second-order valence-electron chi connectivity index (χ2n) is 3.80. The number of aryl methyl sites for hydroxylation is 1. The van der Waals surface area contributed by atoms with E-state index in [4.69, 9.17) is 5.11 Å². The normalized spacial score (nSPS) is 10.3. The molecular weight excluding hydrogens is 234 g/mol. The Kier molecular flexibility index (Phi) is 3.22. The van der Waals surface area contributed by atoms with E-state index in [0.717, 1.165) is 11.3 Å². The Hall–Kier alpha value is -2.44. The van der Waals surface area contributed by atoms with Crippen molar-refractivity contribution in [2.24, 2.45) is 7.05 Å². The van der Waals surface area contributed by atoms with Crippen molar-refractivity contribution < 1.29 is 9.90 Å². The number of nitrogens with zero attached hydrogens (tertiary/aromatic N) is 4. The maximum absolute atomic E-state index is 10.8. The van der Waals surface area contributed by atoms with E-state index < -0.39 is 5.97 Å². The molecule has 94 valence electrons. The van der Waals surface area contributed by atoms with Crippen molar-refractivity contribution in [3.8, 4) is 0 Å². The van der Waals surface area contributed by atoms with Gasteiger partial charge in [0.1, 0.15) is 0 Å². The van der Waals surface area contributed by atoms with Gasteiger partial charge in [0.15, 0.2) is 5.69 Å². The summed E-state index contributed by atoms with van der Waals surface area (Å²) in [6.07, 6.45) is 3.16. The smallest absolute Gasteiger partial charge is 0.354 e. The molecule has 0 bridgehead atoms. The highest BCUT2D eigenvalue weighted by Gasteiger charge is 2.07. The first-order chi connectivity index (χ1) is 8.58. The van der Waals surface area contributed by atoms with Gasteiger partial charge in [0.25, 0.3) is 0 Å². The number of carboxylic acid groups (broad SMARTS) is 1. The Balaban J connectivity index is 2.08. The van der Waals surface area contributed by atoms with E-state index >= 15 is 0 Å². The predicted molar refractivity (Wildman–Crippen MR) is 64.3 cm³/mol. The molecule has 0 radical (unpaired) electrons. The third-order valence-corrected chi connectivity index (χ3v) is 2.65. The molecule has 2 aromatic heterocycles. The lowest BCUT2D eigenvalue weighted by Crippen LogP contribution is -2.08. The zero-order valence-electron chi connectivity index (χ0n) is 10.1. The summed E-state index contributed by atoms with van der Waals surface area (Å²) in [5.74, 6) is -0.781. The molecule has 7 nitrogen and oxygen atoms in total. The van der Waals surface area contributed by atoms with Crippen molar-refractivity contribution in [1.82, 2.24) is 19.7 Å². The van der Waals surface area contributed by atoms with E-state index in [0.29, 0.717) is 6.54 Å². The van der Waals surface area contributed by atoms with Gasteiger partial charge in [0.05, 0.1) is 6.20 Å². The Morgan fingerprint density at radius 1 is 1.56 bits per heavy atom. The first-order valence-electron chi connectivity index (χ1n) is 5.35. The predicted octanol–water partition coefficient (Wildman–Crippen LogP) is 0.829. The number of hydrogen-bond donors (Lipinski definition) is 2. The van der Waals surface area contributed by atoms with Crippen molar-refractivity contribution in [2.75, 3.05) is 5.32 Å². The second-order valence-corrected chi connectivity index (χ2v) is 3.80. The van der Waals surface area contributed by atoms with Gasteiger partial charge < -0.3 is 10.4 Å². The van der Waals surface area contributed by atoms with Gasteiger partial charge in [-0.3, -0.25) is 4.68 Å². The standard InChI is InChI=1S/C11H13N5O2/c1-7-8(6-14-16(7)2)5-13-11-12-4-3-9(15-11)10(17)18/h3-4,6H,5H2,1-2H3,(H,17,18)(H,12,13,15). The number of nitrogens with one attached hydrogen (secondary N) is 1. The van der Waals surface area contributed by atoms with Crippen molar-refractivity contribution in [3.63, 3.8) is 0 Å². The van der Waals surface area contributed by atoms with E-state index in [1.807, 2.05) is 14.0 Å². The quantitative estimate of drug-likeness (QED) is 0.831. The number of rotatable bonds is 4. The molecule has 7 heteroatoms. The first kappa shape index (κ1) is 12.0. The van der Waals surface area contributed by atoms with E-state index in [1.165, 1.54) is 12.3 Å². The number of aromatic nitrogens is 4. The SMILES string of the molecule is Cc1c(CNc2nccc(C(=O)O)n2)cnn1C. The van der Waals surface area contributed by atoms with Crippen molar-refractivity contribution in [3.05, 3.63) is 35.4 Å². The minimum atomic E-state index is -1.07. The van der Waals surface area contributed by atoms with Crippen LogP contribution in [-0.2, 0) is 13.6 Å². The average molecular weight is 247 g/mol. The highest BCUT2D eigenvalue weighted by atomic mass is 16.4. The van der Waals surface area contributed by atoms with Crippen LogP contribution in [0.3, 0.4) is 0 Å². The van der Waals surface area contributed by atoms with Gasteiger partial charge >= 0.3 is 5.97 Å². The lowest BCUT2D eigenvalue weighted by molar-refractivity contribution is 0.0690. The molecule has 2 heterocycles. The molecule has 0 aliphatic heterocycles. The molecule has 0 spiro atoms. The zero-order chi connectivity index (χ0) is 13.1. The molecule has 0 atom stereocenters. The van der Waals surface area contributed by atoms with Gasteiger partial charge in [-0.05, 0) is 13.0 Å². The minimum absolute atomic E-state index is 0.0320. The Bertz CT molecular complexity index is 579. The summed E-state index contributed by atoms with van der Waals surface area (Å²) < 4.78 is 1.77. The van der Waals surface area contributed by atoms with Crippen molar-refractivity contribution in [2.45, 2.75) is 13.5 Å². The Morgan fingerprint density at radius 2 is 2.33 bits per heavy atom. The fourth-order valence-electron chi connectivity index (χ4n) is 1.45. The molecule has 18 heavy (non-hydrogen) atoms. The Morgan fingerprint density at radius 3 is 2.94 bits per heavy atom. The summed E-state index contributed by atoms with van der Waals surface area (Å²) in [5, 5.41) is 15.9. The molecule has 2 N–H and O–H groups in total. The summed E-state index contributed by atoms with van der Waals surface area (Å²) in [7, 11) is 1.86. The maximum Gasteiger partial charge on any atom is 0.354 e. The summed E-state index contributed by atoms with van der Waals surface area (Å²) in [6, 6.07) is 1.35. The van der Waals surface area contributed by atoms with Gasteiger partial charge in [-0.2, -0.15) is 5.10 Å². The minimum Gasteiger partial charge on any atom is -0.477 e. The van der Waals surface area contributed by atoms with Crippen LogP contribution in [0, 0.1) is 6.92 Å². The van der Waals surface area contributed by atoms with Crippen LogP contribution >= 0.6 is 0 Å². The number of hydrogen-bond acceptors (Lipinski definition) is 5. The third kappa shape index (κ3) is 2.45. The van der Waals surface area contributed by atoms with Gasteiger partial charge in [-0.15, -0.1) is 0 Å². The molecule has 0 aliphatic carbocycles. The number of aromatic carboxylic acids is 1. The number of anilines is 1. The third-order valence-electron chi connectivity index (χ3n) is 2.65. The van der Waals surface area contributed by atoms with Gasteiger partial charge in [-0.1, -0.05) is 0 Å². The number of carbonyl (C=O) groups is 1. The van der Waals surface area contributed by atoms with Crippen LogP contribution in [0.5, 0.6) is 0 Å². The van der Waals surface area contributed by atoms with E-state index in [-0.39, 0.29) is 11.6 Å². The topological polar surface area (TPSA) is 92.9 Å². The molecule has 0 aromatic carbocycles. The summed E-state index contributed by atoms with van der Waals surface area (Å²) >= 11 is 0. The molecule has 0 aliphatic rings. The summed E-state index contributed by atoms with van der Waals surface area (Å²) in [4.78, 5) is 18.6. The molecule has 0 fully saturated rings. The average Bonchev–Trinajstić information content (AvgIpc) is 2.68. The Labute approximate surface area is 104 Å². The van der Waals surface area contributed by atoms with Gasteiger partial charge in [-0.25, -0.2) is 14.8 Å². The van der Waals surface area contributed by atoms with Crippen LogP contribution in [-0.4, -0.2) is 30.8 Å². The molecule has 2 rings (SSSR count). The van der Waals surface area contributed by atoms with E-state index in [2.05, 4.69) is 20.4 Å². The zero-order valence-corrected chi connectivity index (χ0v) is 10.1. The van der Waals surface area contributed by atoms with Gasteiger partial charge in [0, 0.05) is 31.0 Å².